The normalized spacial score (nSPS) is 12.2. The zero-order valence-corrected chi connectivity index (χ0v) is 16.6. The molecule has 1 aromatic heterocycles. The van der Waals surface area contributed by atoms with E-state index in [1.165, 1.54) is 6.20 Å². The van der Waals surface area contributed by atoms with Crippen LogP contribution in [0, 0.1) is 11.3 Å². The lowest BCUT2D eigenvalue weighted by Gasteiger charge is -2.12. The maximum Gasteiger partial charge on any atom is 0.324 e. The van der Waals surface area contributed by atoms with Gasteiger partial charge in [0.15, 0.2) is 5.82 Å². The number of benzene rings is 1. The molecule has 0 spiro atoms. The lowest BCUT2D eigenvalue weighted by molar-refractivity contribution is 0.262. The molecule has 8 nitrogen and oxygen atoms in total. The van der Waals surface area contributed by atoms with Gasteiger partial charge in [0.05, 0.1) is 5.57 Å². The second-order valence-corrected chi connectivity index (χ2v) is 7.30. The Morgan fingerprint density at radius 1 is 1.28 bits per heavy atom. The Bertz CT molecular complexity index is 1000. The summed E-state index contributed by atoms with van der Waals surface area (Å²) in [5.41, 5.74) is 13.3. The highest BCUT2D eigenvalue weighted by molar-refractivity contribution is 5.99. The zero-order chi connectivity index (χ0) is 21.6. The minimum Gasteiger partial charge on any atom is -0.404 e. The van der Waals surface area contributed by atoms with Crippen molar-refractivity contribution in [3.05, 3.63) is 71.8 Å². The molecule has 2 aromatic rings. The molecule has 2 rings (SSSR count). The van der Waals surface area contributed by atoms with Gasteiger partial charge in [-0.3, -0.25) is 5.32 Å². The summed E-state index contributed by atoms with van der Waals surface area (Å²) in [7, 11) is 0. The Hall–Kier alpha value is -3.99. The van der Waals surface area contributed by atoms with E-state index in [9.17, 15) is 4.79 Å². The molecule has 0 aliphatic heterocycles. The minimum atomic E-state index is -0.452. The number of carbonyl (C=O) groups excluding carboxylic acids is 1. The average molecular weight is 392 g/mol. The van der Waals surface area contributed by atoms with Crippen LogP contribution in [0.4, 0.5) is 16.3 Å². The van der Waals surface area contributed by atoms with E-state index >= 15 is 0 Å². The Kier molecular flexibility index (Phi) is 6.47. The van der Waals surface area contributed by atoms with Crippen molar-refractivity contribution in [3.63, 3.8) is 0 Å². The van der Waals surface area contributed by atoms with Gasteiger partial charge < -0.3 is 21.3 Å². The smallest absolute Gasteiger partial charge is 0.324 e. The number of carbonyl (C=O) groups is 1. The Morgan fingerprint density at radius 3 is 2.41 bits per heavy atom. The van der Waals surface area contributed by atoms with Crippen LogP contribution < -0.4 is 22.1 Å². The molecule has 0 radical (unpaired) electrons. The number of hydrogen-bond donors (Lipinski definition) is 4. The molecule has 2 amide bonds. The van der Waals surface area contributed by atoms with Crippen molar-refractivity contribution in [1.29, 1.82) is 5.26 Å². The Morgan fingerprint density at radius 2 is 1.93 bits per heavy atom. The maximum absolute atomic E-state index is 12.2. The topological polar surface area (TPSA) is 143 Å². The number of urea groups is 1. The van der Waals surface area contributed by atoms with E-state index in [1.54, 1.807) is 36.4 Å². The molecule has 0 atom stereocenters. The number of amides is 2. The first-order valence-corrected chi connectivity index (χ1v) is 8.78. The van der Waals surface area contributed by atoms with Gasteiger partial charge in [0.2, 0.25) is 0 Å². The zero-order valence-electron chi connectivity index (χ0n) is 16.6. The van der Waals surface area contributed by atoms with E-state index < -0.39 is 6.03 Å². The molecule has 1 aromatic carbocycles. The van der Waals surface area contributed by atoms with Gasteiger partial charge in [-0.1, -0.05) is 44.6 Å². The van der Waals surface area contributed by atoms with E-state index in [4.69, 9.17) is 21.3 Å². The van der Waals surface area contributed by atoms with Gasteiger partial charge >= 0.3 is 6.03 Å². The van der Waals surface area contributed by atoms with Gasteiger partial charge in [0.1, 0.15) is 11.8 Å². The first kappa shape index (κ1) is 21.3. The predicted octanol–water partition coefficient (Wildman–Crippen LogP) is 3.84. The molecule has 0 saturated carbocycles. The highest BCUT2D eigenvalue weighted by Crippen LogP contribution is 2.24. The van der Waals surface area contributed by atoms with Gasteiger partial charge in [0.25, 0.3) is 0 Å². The summed E-state index contributed by atoms with van der Waals surface area (Å²) >= 11 is 0. The number of allylic oxidation sites excluding steroid dienone is 3. The lowest BCUT2D eigenvalue weighted by atomic mass is 9.93. The number of aromatic nitrogens is 1. The summed E-state index contributed by atoms with van der Waals surface area (Å²) in [6, 6.07) is 10.1. The van der Waals surface area contributed by atoms with Crippen molar-refractivity contribution in [2.75, 3.05) is 10.6 Å². The number of nitriles is 1. The quantitative estimate of drug-likeness (QED) is 0.450. The second-order valence-electron chi connectivity index (χ2n) is 7.30. The summed E-state index contributed by atoms with van der Waals surface area (Å²) in [6.45, 7) is 9.52. The van der Waals surface area contributed by atoms with Gasteiger partial charge in [-0.05, 0) is 29.3 Å². The van der Waals surface area contributed by atoms with Crippen LogP contribution in [0.15, 0.2) is 65.0 Å². The number of rotatable bonds is 5. The third-order valence-corrected chi connectivity index (χ3v) is 3.91. The lowest BCUT2D eigenvalue weighted by Crippen LogP contribution is -2.19. The highest BCUT2D eigenvalue weighted by Gasteiger charge is 2.20. The van der Waals surface area contributed by atoms with Gasteiger partial charge in [-0.15, -0.1) is 0 Å². The molecule has 0 fully saturated rings. The average Bonchev–Trinajstić information content (AvgIpc) is 3.12. The van der Waals surface area contributed by atoms with Crippen LogP contribution in [0.1, 0.15) is 32.1 Å². The van der Waals surface area contributed by atoms with Crippen LogP contribution in [0.2, 0.25) is 0 Å². The van der Waals surface area contributed by atoms with Gasteiger partial charge in [0, 0.05) is 29.1 Å². The number of hydrogen-bond acceptors (Lipinski definition) is 6. The van der Waals surface area contributed by atoms with Crippen LogP contribution in [-0.2, 0) is 5.41 Å². The van der Waals surface area contributed by atoms with Crippen molar-refractivity contribution in [3.8, 4) is 6.07 Å². The van der Waals surface area contributed by atoms with Gasteiger partial charge in [-0.2, -0.15) is 5.26 Å². The van der Waals surface area contributed by atoms with Crippen LogP contribution in [-0.4, -0.2) is 11.2 Å². The fourth-order valence-electron chi connectivity index (χ4n) is 2.29. The number of anilines is 2. The predicted molar refractivity (Wildman–Crippen MR) is 113 cm³/mol. The van der Waals surface area contributed by atoms with Crippen molar-refractivity contribution < 1.29 is 9.32 Å². The van der Waals surface area contributed by atoms with E-state index in [1.807, 2.05) is 26.8 Å². The summed E-state index contributed by atoms with van der Waals surface area (Å²) < 4.78 is 5.24. The number of nitrogens with one attached hydrogen (secondary N) is 2. The summed E-state index contributed by atoms with van der Waals surface area (Å²) in [5, 5.41) is 18.3. The molecular weight excluding hydrogens is 368 g/mol. The molecule has 1 heterocycles. The molecule has 8 heteroatoms. The summed E-state index contributed by atoms with van der Waals surface area (Å²) in [5.74, 6) is 0.997. The Labute approximate surface area is 169 Å². The molecule has 0 aliphatic carbocycles. The summed E-state index contributed by atoms with van der Waals surface area (Å²) in [6.07, 6.45) is 2.92. The molecule has 0 unspecified atom stereocenters. The minimum absolute atomic E-state index is 0.157. The van der Waals surface area contributed by atoms with E-state index in [2.05, 4.69) is 22.4 Å². The molecule has 29 heavy (non-hydrogen) atoms. The monoisotopic (exact) mass is 392 g/mol. The molecule has 150 valence electrons. The van der Waals surface area contributed by atoms with E-state index in [0.29, 0.717) is 22.8 Å². The number of nitrogens with two attached hydrogens (primary N) is 2. The van der Waals surface area contributed by atoms with Crippen LogP contribution >= 0.6 is 0 Å². The van der Waals surface area contributed by atoms with E-state index in [-0.39, 0.29) is 16.7 Å². The van der Waals surface area contributed by atoms with Crippen molar-refractivity contribution >= 4 is 23.1 Å². The maximum atomic E-state index is 12.2. The van der Waals surface area contributed by atoms with Crippen molar-refractivity contribution in [2.45, 2.75) is 26.2 Å². The fourth-order valence-corrected chi connectivity index (χ4v) is 2.29. The van der Waals surface area contributed by atoms with Crippen molar-refractivity contribution in [2.24, 2.45) is 11.5 Å². The first-order chi connectivity index (χ1) is 13.6. The third-order valence-electron chi connectivity index (χ3n) is 3.91. The van der Waals surface area contributed by atoms with Crippen LogP contribution in [0.5, 0.6) is 0 Å². The SMILES string of the molecule is C=C(N)/C(C#N)=C\C(=C/N)c1ccc(NC(=O)Nc2cc(C(C)(C)C)on2)cc1. The standard InChI is InChI=1S/C21H24N6O2/c1-13(24)15(11-22)9-16(12-23)14-5-7-17(8-6-14)25-20(28)26-19-10-18(29-27-19)21(2,3)4/h5-10,12H,1,23-24H2,2-4H3,(H2,25,26,27,28)/b15-9-,16-12+. The summed E-state index contributed by atoms with van der Waals surface area (Å²) in [4.78, 5) is 12.2. The second kappa shape index (κ2) is 8.80. The third kappa shape index (κ3) is 5.74. The van der Waals surface area contributed by atoms with Crippen LogP contribution in [0.3, 0.4) is 0 Å². The molecule has 6 N–H and O–H groups in total. The van der Waals surface area contributed by atoms with Gasteiger partial charge in [-0.25, -0.2) is 4.79 Å². The fraction of sp³-hybridized carbons (Fsp3) is 0.190. The van der Waals surface area contributed by atoms with Crippen LogP contribution in [0.25, 0.3) is 5.57 Å². The van der Waals surface area contributed by atoms with E-state index in [0.717, 1.165) is 5.56 Å². The largest absolute Gasteiger partial charge is 0.404 e. The molecule has 0 aliphatic rings. The molecule has 0 bridgehead atoms. The Balaban J connectivity index is 2.06. The molecule has 0 saturated heterocycles. The highest BCUT2D eigenvalue weighted by atomic mass is 16.5. The molecular formula is C21H24N6O2. The number of nitrogens with zero attached hydrogens (tertiary/aromatic N) is 2. The van der Waals surface area contributed by atoms with Crippen molar-refractivity contribution in [1.82, 2.24) is 5.16 Å². The first-order valence-electron chi connectivity index (χ1n) is 8.78.